The molecule has 0 saturated carbocycles. The molecule has 5 rings (SSSR count). The van der Waals surface area contributed by atoms with Crippen LogP contribution in [0.15, 0.2) is 66.1 Å². The smallest absolute Gasteiger partial charge is 0.317 e. The van der Waals surface area contributed by atoms with Gasteiger partial charge < -0.3 is 21.0 Å². The predicted molar refractivity (Wildman–Crippen MR) is 115 cm³/mol. The Bertz CT molecular complexity index is 916. The minimum absolute atomic E-state index is 0.0300. The standard InChI is InChI=1S/C23H28N6O/c30-23(26-19-12-18(13-25-14-19)16-4-2-1-3-5-16)29-11-8-21-20(15-29)22(28-27-21)17-6-9-24-10-7-17/h1-7,9-10,18-19,22,25,27-28H,8,11-15H2,(H,26,30). The first-order valence-corrected chi connectivity index (χ1v) is 10.7. The summed E-state index contributed by atoms with van der Waals surface area (Å²) in [6.45, 7) is 3.14. The quantitative estimate of drug-likeness (QED) is 0.630. The van der Waals surface area contributed by atoms with E-state index < -0.39 is 0 Å². The minimum Gasteiger partial charge on any atom is -0.334 e. The molecule has 2 aromatic rings. The Morgan fingerprint density at radius 1 is 1.07 bits per heavy atom. The van der Waals surface area contributed by atoms with Crippen molar-refractivity contribution in [2.24, 2.45) is 0 Å². The van der Waals surface area contributed by atoms with E-state index in [1.165, 1.54) is 16.8 Å². The van der Waals surface area contributed by atoms with Crippen LogP contribution in [-0.2, 0) is 0 Å². The highest BCUT2D eigenvalue weighted by atomic mass is 16.2. The number of urea groups is 1. The summed E-state index contributed by atoms with van der Waals surface area (Å²) < 4.78 is 0. The van der Waals surface area contributed by atoms with Crippen LogP contribution in [0.1, 0.15) is 35.9 Å². The average Bonchev–Trinajstić information content (AvgIpc) is 3.24. The highest BCUT2D eigenvalue weighted by molar-refractivity contribution is 5.75. The van der Waals surface area contributed by atoms with Crippen molar-refractivity contribution in [1.29, 1.82) is 0 Å². The summed E-state index contributed by atoms with van der Waals surface area (Å²) in [5, 5.41) is 6.76. The lowest BCUT2D eigenvalue weighted by Gasteiger charge is -2.34. The number of carbonyl (C=O) groups is 1. The average molecular weight is 405 g/mol. The van der Waals surface area contributed by atoms with E-state index in [4.69, 9.17) is 0 Å². The van der Waals surface area contributed by atoms with Crippen molar-refractivity contribution in [1.82, 2.24) is 31.4 Å². The minimum atomic E-state index is 0.0300. The van der Waals surface area contributed by atoms with Gasteiger partial charge in [0.05, 0.1) is 6.04 Å². The fourth-order valence-corrected chi connectivity index (χ4v) is 4.75. The predicted octanol–water partition coefficient (Wildman–Crippen LogP) is 2.05. The van der Waals surface area contributed by atoms with E-state index >= 15 is 0 Å². The zero-order valence-electron chi connectivity index (χ0n) is 17.0. The number of aromatic nitrogens is 1. The van der Waals surface area contributed by atoms with Crippen molar-refractivity contribution in [2.75, 3.05) is 26.2 Å². The molecule has 156 valence electrons. The summed E-state index contributed by atoms with van der Waals surface area (Å²) in [5.74, 6) is 0.431. The van der Waals surface area contributed by atoms with Gasteiger partial charge in [-0.2, -0.15) is 0 Å². The Kier molecular flexibility index (Phi) is 5.38. The molecule has 0 bridgehead atoms. The fraction of sp³-hybridized carbons (Fsp3) is 0.391. The number of hydrogen-bond donors (Lipinski definition) is 4. The zero-order valence-corrected chi connectivity index (χ0v) is 17.0. The molecule has 4 heterocycles. The molecule has 4 N–H and O–H groups in total. The number of benzene rings is 1. The molecule has 2 amide bonds. The van der Waals surface area contributed by atoms with E-state index in [0.717, 1.165) is 38.0 Å². The largest absolute Gasteiger partial charge is 0.334 e. The first-order valence-electron chi connectivity index (χ1n) is 10.7. The number of nitrogens with one attached hydrogen (secondary N) is 4. The van der Waals surface area contributed by atoms with Crippen molar-refractivity contribution in [3.8, 4) is 0 Å². The molecule has 7 heteroatoms. The SMILES string of the molecule is O=C(NC1CNCC(c2ccccc2)C1)N1CCC2=C(C1)C(c1ccncc1)NN2. The summed E-state index contributed by atoms with van der Waals surface area (Å²) in [5.41, 5.74) is 11.6. The molecular weight excluding hydrogens is 376 g/mol. The second-order valence-electron chi connectivity index (χ2n) is 8.31. The summed E-state index contributed by atoms with van der Waals surface area (Å²) in [4.78, 5) is 19.1. The Morgan fingerprint density at radius 3 is 2.73 bits per heavy atom. The van der Waals surface area contributed by atoms with E-state index in [9.17, 15) is 4.79 Å². The van der Waals surface area contributed by atoms with E-state index in [-0.39, 0.29) is 18.1 Å². The number of hydrogen-bond acceptors (Lipinski definition) is 5. The molecule has 3 aliphatic heterocycles. The number of nitrogens with zero attached hydrogens (tertiary/aromatic N) is 2. The van der Waals surface area contributed by atoms with Gasteiger partial charge in [-0.1, -0.05) is 30.3 Å². The van der Waals surface area contributed by atoms with E-state index in [1.54, 1.807) is 0 Å². The molecule has 1 aromatic heterocycles. The maximum atomic E-state index is 13.1. The van der Waals surface area contributed by atoms with Crippen LogP contribution in [0.4, 0.5) is 4.79 Å². The molecule has 3 unspecified atom stereocenters. The van der Waals surface area contributed by atoms with Gasteiger partial charge in [-0.15, -0.1) is 0 Å². The lowest BCUT2D eigenvalue weighted by molar-refractivity contribution is 0.191. The molecule has 0 aliphatic carbocycles. The van der Waals surface area contributed by atoms with Gasteiger partial charge in [-0.05, 0) is 41.2 Å². The molecule has 0 spiro atoms. The zero-order chi connectivity index (χ0) is 20.3. The van der Waals surface area contributed by atoms with Gasteiger partial charge in [0.15, 0.2) is 0 Å². The van der Waals surface area contributed by atoms with Crippen LogP contribution in [0.25, 0.3) is 0 Å². The maximum absolute atomic E-state index is 13.1. The number of rotatable bonds is 3. The number of piperidine rings is 1. The molecule has 3 atom stereocenters. The van der Waals surface area contributed by atoms with Crippen LogP contribution < -0.4 is 21.5 Å². The van der Waals surface area contributed by atoms with Crippen LogP contribution in [0, 0.1) is 0 Å². The highest BCUT2D eigenvalue weighted by Gasteiger charge is 2.33. The first kappa shape index (κ1) is 19.1. The normalized spacial score (nSPS) is 26.1. The van der Waals surface area contributed by atoms with Crippen LogP contribution in [0.3, 0.4) is 0 Å². The molecule has 1 aromatic carbocycles. The lowest BCUT2D eigenvalue weighted by atomic mass is 9.89. The number of pyridine rings is 1. The molecule has 30 heavy (non-hydrogen) atoms. The molecule has 1 fully saturated rings. The Morgan fingerprint density at radius 2 is 1.90 bits per heavy atom. The molecule has 1 saturated heterocycles. The van der Waals surface area contributed by atoms with Gasteiger partial charge in [0, 0.05) is 56.7 Å². The Hall–Kier alpha value is -2.90. The van der Waals surface area contributed by atoms with Gasteiger partial charge in [0.2, 0.25) is 0 Å². The topological polar surface area (TPSA) is 81.3 Å². The van der Waals surface area contributed by atoms with Crippen LogP contribution in [0.5, 0.6) is 0 Å². The third-order valence-electron chi connectivity index (χ3n) is 6.37. The summed E-state index contributed by atoms with van der Waals surface area (Å²) >= 11 is 0. The van der Waals surface area contributed by atoms with E-state index in [2.05, 4.69) is 50.7 Å². The third-order valence-corrected chi connectivity index (χ3v) is 6.37. The number of amides is 2. The van der Waals surface area contributed by atoms with Gasteiger partial charge in [-0.3, -0.25) is 4.98 Å². The van der Waals surface area contributed by atoms with Crippen molar-refractivity contribution in [3.63, 3.8) is 0 Å². The number of hydrazine groups is 1. The fourth-order valence-electron chi connectivity index (χ4n) is 4.75. The van der Waals surface area contributed by atoms with Crippen LogP contribution >= 0.6 is 0 Å². The lowest BCUT2D eigenvalue weighted by Crippen LogP contribution is -2.53. The van der Waals surface area contributed by atoms with Crippen molar-refractivity contribution < 1.29 is 4.79 Å². The van der Waals surface area contributed by atoms with E-state index in [1.807, 2.05) is 35.5 Å². The molecule has 0 radical (unpaired) electrons. The third kappa shape index (κ3) is 3.91. The van der Waals surface area contributed by atoms with Gasteiger partial charge in [-0.25, -0.2) is 10.2 Å². The van der Waals surface area contributed by atoms with Gasteiger partial charge >= 0.3 is 6.03 Å². The second kappa shape index (κ2) is 8.45. The van der Waals surface area contributed by atoms with E-state index in [0.29, 0.717) is 12.5 Å². The Labute approximate surface area is 176 Å². The Balaban J connectivity index is 1.22. The van der Waals surface area contributed by atoms with Crippen molar-refractivity contribution >= 4 is 6.03 Å². The molecule has 7 nitrogen and oxygen atoms in total. The van der Waals surface area contributed by atoms with Crippen LogP contribution in [-0.4, -0.2) is 48.1 Å². The van der Waals surface area contributed by atoms with Crippen molar-refractivity contribution in [3.05, 3.63) is 77.3 Å². The summed E-state index contributed by atoms with van der Waals surface area (Å²) in [6, 6.07) is 14.9. The summed E-state index contributed by atoms with van der Waals surface area (Å²) in [6.07, 6.45) is 5.42. The number of carbonyl (C=O) groups excluding carboxylic acids is 1. The monoisotopic (exact) mass is 404 g/mol. The van der Waals surface area contributed by atoms with Gasteiger partial charge in [0.25, 0.3) is 0 Å². The molecular formula is C23H28N6O. The van der Waals surface area contributed by atoms with Gasteiger partial charge in [0.1, 0.15) is 0 Å². The summed E-state index contributed by atoms with van der Waals surface area (Å²) in [7, 11) is 0. The maximum Gasteiger partial charge on any atom is 0.317 e. The first-order chi connectivity index (χ1) is 14.8. The molecule has 3 aliphatic rings. The van der Waals surface area contributed by atoms with Crippen LogP contribution in [0.2, 0.25) is 0 Å². The van der Waals surface area contributed by atoms with Crippen molar-refractivity contribution in [2.45, 2.75) is 30.8 Å². The highest BCUT2D eigenvalue weighted by Crippen LogP contribution is 2.32. The second-order valence-corrected chi connectivity index (χ2v) is 8.31.